The van der Waals surface area contributed by atoms with Gasteiger partial charge >= 0.3 is 0 Å². The van der Waals surface area contributed by atoms with E-state index in [2.05, 4.69) is 39.5 Å². The van der Waals surface area contributed by atoms with Gasteiger partial charge < -0.3 is 0 Å². The van der Waals surface area contributed by atoms with Crippen LogP contribution in [0.15, 0.2) is 0 Å². The van der Waals surface area contributed by atoms with Gasteiger partial charge in [0.05, 0.1) is 0 Å². The van der Waals surface area contributed by atoms with Crippen molar-refractivity contribution in [3.63, 3.8) is 0 Å². The molecule has 1 unspecified atom stereocenters. The van der Waals surface area contributed by atoms with Crippen molar-refractivity contribution in [1.82, 2.24) is 0 Å². The van der Waals surface area contributed by atoms with Crippen LogP contribution in [-0.2, 0) is 0 Å². The Morgan fingerprint density at radius 2 is 2.00 bits per heavy atom. The lowest BCUT2D eigenvalue weighted by atomic mass is 10.2. The third-order valence-corrected chi connectivity index (χ3v) is 3.67. The summed E-state index contributed by atoms with van der Waals surface area (Å²) in [4.78, 5) is 0. The van der Waals surface area contributed by atoms with Crippen LogP contribution >= 0.6 is 11.8 Å². The molecule has 1 radical (unpaired) electrons. The molecule has 0 fully saturated rings. The van der Waals surface area contributed by atoms with Crippen LogP contribution in [-0.4, -0.2) is 11.0 Å². The van der Waals surface area contributed by atoms with Gasteiger partial charge in [-0.1, -0.05) is 40.5 Å². The van der Waals surface area contributed by atoms with Gasteiger partial charge in [0.15, 0.2) is 0 Å². The van der Waals surface area contributed by atoms with Crippen molar-refractivity contribution in [3.8, 4) is 0 Å². The summed E-state index contributed by atoms with van der Waals surface area (Å²) in [6, 6.07) is 0. The number of hydrogen-bond donors (Lipinski definition) is 0. The molecule has 0 aromatic carbocycles. The van der Waals surface area contributed by atoms with E-state index in [4.69, 9.17) is 0 Å². The Labute approximate surface area is 82.5 Å². The Morgan fingerprint density at radius 1 is 1.33 bits per heavy atom. The van der Waals surface area contributed by atoms with Crippen LogP contribution in [0.4, 0.5) is 0 Å². The Hall–Kier alpha value is 0.350. The number of unbranched alkanes of at least 4 members (excludes halogenated alkanes) is 1. The second-order valence-corrected chi connectivity index (χ2v) is 5.11. The normalized spacial score (nSPS) is 13.8. The number of thioether (sulfide) groups is 1. The monoisotopic (exact) mass is 187 g/mol. The van der Waals surface area contributed by atoms with Crippen LogP contribution in [0.3, 0.4) is 0 Å². The largest absolute Gasteiger partial charge is 0.158 e. The maximum atomic E-state index is 4.00. The molecule has 1 heteroatoms. The maximum Gasteiger partial charge on any atom is 0.00471 e. The first kappa shape index (κ1) is 12.3. The van der Waals surface area contributed by atoms with Gasteiger partial charge in [-0.3, -0.25) is 0 Å². The van der Waals surface area contributed by atoms with Crippen molar-refractivity contribution in [2.75, 3.05) is 5.75 Å². The molecule has 0 saturated carbocycles. The zero-order valence-electron chi connectivity index (χ0n) is 8.81. The van der Waals surface area contributed by atoms with Gasteiger partial charge in [0.25, 0.3) is 0 Å². The highest BCUT2D eigenvalue weighted by Crippen LogP contribution is 2.22. The van der Waals surface area contributed by atoms with E-state index < -0.39 is 0 Å². The molecule has 0 bridgehead atoms. The molecule has 0 saturated heterocycles. The van der Waals surface area contributed by atoms with Gasteiger partial charge in [0.2, 0.25) is 0 Å². The van der Waals surface area contributed by atoms with E-state index in [1.165, 1.54) is 25.0 Å². The van der Waals surface area contributed by atoms with Crippen molar-refractivity contribution in [3.05, 3.63) is 6.92 Å². The first-order chi connectivity index (χ1) is 5.70. The molecule has 0 amide bonds. The maximum absolute atomic E-state index is 4.00. The van der Waals surface area contributed by atoms with Gasteiger partial charge in [-0.15, -0.1) is 0 Å². The predicted molar refractivity (Wildman–Crippen MR) is 60.6 cm³/mol. The number of rotatable bonds is 7. The van der Waals surface area contributed by atoms with Crippen molar-refractivity contribution in [2.24, 2.45) is 5.92 Å². The van der Waals surface area contributed by atoms with Crippen LogP contribution < -0.4 is 0 Å². The summed E-state index contributed by atoms with van der Waals surface area (Å²) in [5, 5.41) is 0.812. The fraction of sp³-hybridized carbons (Fsp3) is 0.909. The molecule has 0 N–H and O–H groups in total. The minimum Gasteiger partial charge on any atom is -0.158 e. The van der Waals surface area contributed by atoms with Crippen molar-refractivity contribution in [1.29, 1.82) is 0 Å². The molecule has 0 spiro atoms. The lowest BCUT2D eigenvalue weighted by molar-refractivity contribution is 0.680. The minimum atomic E-state index is 0.812. The SMILES string of the molecule is [CH2]CC(CCCC)SCC(C)C. The fourth-order valence-corrected chi connectivity index (χ4v) is 2.23. The summed E-state index contributed by atoms with van der Waals surface area (Å²) in [5.74, 6) is 2.12. The van der Waals surface area contributed by atoms with Gasteiger partial charge in [0.1, 0.15) is 0 Å². The highest BCUT2D eigenvalue weighted by Gasteiger charge is 2.06. The van der Waals surface area contributed by atoms with Crippen LogP contribution in [0.25, 0.3) is 0 Å². The van der Waals surface area contributed by atoms with Gasteiger partial charge in [0, 0.05) is 5.25 Å². The Bertz CT molecular complexity index is 89.0. The molecule has 12 heavy (non-hydrogen) atoms. The highest BCUT2D eigenvalue weighted by atomic mass is 32.2. The van der Waals surface area contributed by atoms with E-state index >= 15 is 0 Å². The van der Waals surface area contributed by atoms with E-state index in [0.717, 1.165) is 17.6 Å². The molecular formula is C11H23S. The van der Waals surface area contributed by atoms with E-state index in [9.17, 15) is 0 Å². The van der Waals surface area contributed by atoms with Gasteiger partial charge in [-0.2, -0.15) is 11.8 Å². The molecule has 73 valence electrons. The van der Waals surface area contributed by atoms with Crippen LogP contribution in [0.5, 0.6) is 0 Å². The first-order valence-electron chi connectivity index (χ1n) is 5.11. The average molecular weight is 187 g/mol. The lowest BCUT2D eigenvalue weighted by Gasteiger charge is -2.14. The molecule has 0 aliphatic carbocycles. The zero-order valence-corrected chi connectivity index (χ0v) is 9.62. The van der Waals surface area contributed by atoms with Crippen molar-refractivity contribution < 1.29 is 0 Å². The quantitative estimate of drug-likeness (QED) is 0.577. The summed E-state index contributed by atoms with van der Waals surface area (Å²) in [5.41, 5.74) is 0. The standard InChI is InChI=1S/C11H23S/c1-5-7-8-11(6-2)12-9-10(3)4/h10-11H,2,5-9H2,1,3-4H3. The van der Waals surface area contributed by atoms with E-state index in [1.807, 2.05) is 0 Å². The second kappa shape index (κ2) is 7.97. The van der Waals surface area contributed by atoms with E-state index in [-0.39, 0.29) is 0 Å². The molecule has 0 aromatic rings. The van der Waals surface area contributed by atoms with E-state index in [0.29, 0.717) is 0 Å². The summed E-state index contributed by atoms with van der Waals surface area (Å²) in [7, 11) is 0. The topological polar surface area (TPSA) is 0 Å². The van der Waals surface area contributed by atoms with Crippen LogP contribution in [0, 0.1) is 12.8 Å². The summed E-state index contributed by atoms with van der Waals surface area (Å²) in [6.45, 7) is 10.8. The molecule has 0 aliphatic rings. The predicted octanol–water partition coefficient (Wildman–Crippen LogP) is 4.16. The molecule has 0 nitrogen and oxygen atoms in total. The Balaban J connectivity index is 3.39. The van der Waals surface area contributed by atoms with Crippen molar-refractivity contribution in [2.45, 2.75) is 51.7 Å². The minimum absolute atomic E-state index is 0.812. The van der Waals surface area contributed by atoms with E-state index in [1.54, 1.807) is 0 Å². The molecule has 1 atom stereocenters. The Morgan fingerprint density at radius 3 is 2.42 bits per heavy atom. The highest BCUT2D eigenvalue weighted by molar-refractivity contribution is 7.99. The summed E-state index contributed by atoms with van der Waals surface area (Å²) >= 11 is 2.11. The van der Waals surface area contributed by atoms with Crippen molar-refractivity contribution >= 4 is 11.8 Å². The fourth-order valence-electron chi connectivity index (χ4n) is 1.07. The molecule has 0 aromatic heterocycles. The van der Waals surface area contributed by atoms with Crippen LogP contribution in [0.1, 0.15) is 46.5 Å². The average Bonchev–Trinajstić information content (AvgIpc) is 2.05. The second-order valence-electron chi connectivity index (χ2n) is 3.78. The zero-order chi connectivity index (χ0) is 9.40. The smallest absolute Gasteiger partial charge is 0.00471 e. The Kier molecular flexibility index (Phi) is 8.20. The summed E-state index contributed by atoms with van der Waals surface area (Å²) in [6.07, 6.45) is 5.14. The number of hydrogen-bond acceptors (Lipinski definition) is 1. The third-order valence-electron chi connectivity index (χ3n) is 1.87. The summed E-state index contributed by atoms with van der Waals surface area (Å²) < 4.78 is 0. The third kappa shape index (κ3) is 7.02. The lowest BCUT2D eigenvalue weighted by Crippen LogP contribution is -2.04. The van der Waals surface area contributed by atoms with Crippen LogP contribution in [0.2, 0.25) is 0 Å². The molecular weight excluding hydrogens is 164 g/mol. The molecule has 0 heterocycles. The first-order valence-corrected chi connectivity index (χ1v) is 6.16. The molecule has 0 aliphatic heterocycles. The van der Waals surface area contributed by atoms with Gasteiger partial charge in [-0.05, 0) is 24.5 Å². The molecule has 0 rings (SSSR count). The van der Waals surface area contributed by atoms with Gasteiger partial charge in [-0.25, -0.2) is 0 Å².